The predicted octanol–water partition coefficient (Wildman–Crippen LogP) is 22.7. The number of hydrogen-bond donors (Lipinski definition) is 0. The molecule has 0 spiro atoms. The molecule has 0 bridgehead atoms. The first-order valence-corrected chi connectivity index (χ1v) is 33.1. The van der Waals surface area contributed by atoms with Gasteiger partial charge in [0.25, 0.3) is 0 Å². The van der Waals surface area contributed by atoms with E-state index in [2.05, 4.69) is 106 Å². The normalized spacial score (nSPS) is 12.6. The van der Waals surface area contributed by atoms with E-state index in [1.54, 1.807) is 0 Å². The third kappa shape index (κ3) is 63.3. The number of rotatable bonds is 60. The summed E-state index contributed by atoms with van der Waals surface area (Å²) in [5.41, 5.74) is 0. The fourth-order valence-electron chi connectivity index (χ4n) is 9.40. The summed E-state index contributed by atoms with van der Waals surface area (Å²) in [5.74, 6) is -0.884. The topological polar surface area (TPSA) is 78.9 Å². The van der Waals surface area contributed by atoms with Gasteiger partial charge in [-0.3, -0.25) is 14.4 Å². The van der Waals surface area contributed by atoms with Gasteiger partial charge < -0.3 is 14.2 Å². The lowest BCUT2D eigenvalue weighted by molar-refractivity contribution is -0.167. The van der Waals surface area contributed by atoms with Crippen molar-refractivity contribution in [1.82, 2.24) is 0 Å². The molecule has 0 rings (SSSR count). The van der Waals surface area contributed by atoms with Gasteiger partial charge in [-0.2, -0.15) is 0 Å². The molecule has 0 heterocycles. The first-order chi connectivity index (χ1) is 38.0. The van der Waals surface area contributed by atoms with Gasteiger partial charge in [0.15, 0.2) is 6.10 Å². The number of unbranched alkanes of at least 4 members (excludes halogenated alkanes) is 35. The van der Waals surface area contributed by atoms with E-state index in [1.165, 1.54) is 186 Å². The molecular formula is C71H124O6. The maximum atomic E-state index is 12.9. The average Bonchev–Trinajstić information content (AvgIpc) is 3.43. The third-order valence-electron chi connectivity index (χ3n) is 14.4. The zero-order chi connectivity index (χ0) is 55.7. The number of carbonyl (C=O) groups is 3. The average molecular weight is 1070 g/mol. The number of esters is 3. The van der Waals surface area contributed by atoms with Crippen molar-refractivity contribution in [2.45, 2.75) is 335 Å². The molecule has 6 nitrogen and oxygen atoms in total. The van der Waals surface area contributed by atoms with Crippen LogP contribution in [0, 0.1) is 0 Å². The Kier molecular flexibility index (Phi) is 62.2. The maximum absolute atomic E-state index is 12.9. The predicted molar refractivity (Wildman–Crippen MR) is 334 cm³/mol. The summed E-state index contributed by atoms with van der Waals surface area (Å²) >= 11 is 0. The first-order valence-electron chi connectivity index (χ1n) is 33.1. The van der Waals surface area contributed by atoms with Crippen LogP contribution >= 0.6 is 0 Å². The van der Waals surface area contributed by atoms with Crippen molar-refractivity contribution in [3.8, 4) is 0 Å². The largest absolute Gasteiger partial charge is 0.462 e. The number of ether oxygens (including phenoxy) is 3. The van der Waals surface area contributed by atoms with Crippen LogP contribution in [0.2, 0.25) is 0 Å². The second-order valence-corrected chi connectivity index (χ2v) is 22.0. The summed E-state index contributed by atoms with van der Waals surface area (Å²) in [7, 11) is 0. The molecule has 0 aliphatic carbocycles. The zero-order valence-corrected chi connectivity index (χ0v) is 51.0. The highest BCUT2D eigenvalue weighted by molar-refractivity contribution is 5.71. The Morgan fingerprint density at radius 3 is 0.818 bits per heavy atom. The SMILES string of the molecule is CC/C=C\C/C=C\C/C=C\C/C=C\C/C=C\CCCCCCCCCCCC(=O)OCC(COC(=O)CCCCCCC/C=C\CCCCCC)OC(=O)CCCCCCCCCCC/C=C\CCCCCCCCCC. The molecule has 0 amide bonds. The molecule has 0 aliphatic heterocycles. The Labute approximate surface area is 477 Å². The fourth-order valence-corrected chi connectivity index (χ4v) is 9.40. The van der Waals surface area contributed by atoms with Gasteiger partial charge in [-0.25, -0.2) is 0 Å². The van der Waals surface area contributed by atoms with Crippen LogP contribution in [0.1, 0.15) is 329 Å². The quantitative estimate of drug-likeness (QED) is 0.0261. The molecule has 0 N–H and O–H groups in total. The van der Waals surface area contributed by atoms with Crippen LogP contribution in [0.5, 0.6) is 0 Å². The Balaban J connectivity index is 4.32. The summed E-state index contributed by atoms with van der Waals surface area (Å²) in [6.07, 6.45) is 85.9. The van der Waals surface area contributed by atoms with Crippen LogP contribution in [0.25, 0.3) is 0 Å². The summed E-state index contributed by atoms with van der Waals surface area (Å²) in [4.78, 5) is 38.3. The summed E-state index contributed by atoms with van der Waals surface area (Å²) in [5, 5.41) is 0. The van der Waals surface area contributed by atoms with E-state index in [9.17, 15) is 14.4 Å². The molecule has 0 aromatic rings. The Hall–Kier alpha value is -3.41. The molecule has 0 aliphatic rings. The molecule has 0 radical (unpaired) electrons. The minimum Gasteiger partial charge on any atom is -0.462 e. The molecule has 444 valence electrons. The minimum absolute atomic E-state index is 0.0816. The monoisotopic (exact) mass is 1070 g/mol. The second-order valence-electron chi connectivity index (χ2n) is 22.0. The van der Waals surface area contributed by atoms with Crippen molar-refractivity contribution >= 4 is 17.9 Å². The highest BCUT2D eigenvalue weighted by atomic mass is 16.6. The van der Waals surface area contributed by atoms with E-state index in [0.717, 1.165) is 103 Å². The second kappa shape index (κ2) is 65.1. The van der Waals surface area contributed by atoms with Crippen LogP contribution in [-0.2, 0) is 28.6 Å². The first kappa shape index (κ1) is 73.6. The van der Waals surface area contributed by atoms with Crippen molar-refractivity contribution in [3.05, 3.63) is 85.1 Å². The highest BCUT2D eigenvalue weighted by Crippen LogP contribution is 2.16. The van der Waals surface area contributed by atoms with Crippen molar-refractivity contribution in [2.24, 2.45) is 0 Å². The van der Waals surface area contributed by atoms with E-state index < -0.39 is 6.10 Å². The lowest BCUT2D eigenvalue weighted by Gasteiger charge is -2.18. The molecule has 0 aromatic carbocycles. The molecule has 6 heteroatoms. The molecule has 77 heavy (non-hydrogen) atoms. The Morgan fingerprint density at radius 1 is 0.273 bits per heavy atom. The van der Waals surface area contributed by atoms with Crippen LogP contribution in [0.4, 0.5) is 0 Å². The third-order valence-corrected chi connectivity index (χ3v) is 14.4. The van der Waals surface area contributed by atoms with Gasteiger partial charge in [-0.1, -0.05) is 279 Å². The Bertz CT molecular complexity index is 1470. The zero-order valence-electron chi connectivity index (χ0n) is 51.0. The molecule has 1 atom stereocenters. The lowest BCUT2D eigenvalue weighted by Crippen LogP contribution is -2.30. The van der Waals surface area contributed by atoms with Gasteiger partial charge >= 0.3 is 17.9 Å². The molecule has 0 fully saturated rings. The number of allylic oxidation sites excluding steroid dienone is 14. The van der Waals surface area contributed by atoms with Crippen molar-refractivity contribution < 1.29 is 28.6 Å². The van der Waals surface area contributed by atoms with Crippen molar-refractivity contribution in [1.29, 1.82) is 0 Å². The number of hydrogen-bond acceptors (Lipinski definition) is 6. The van der Waals surface area contributed by atoms with Crippen LogP contribution in [-0.4, -0.2) is 37.2 Å². The smallest absolute Gasteiger partial charge is 0.306 e. The van der Waals surface area contributed by atoms with Crippen LogP contribution < -0.4 is 0 Å². The standard InChI is InChI=1S/C71H124O6/c1-4-7-10-13-16-19-22-25-27-29-31-33-34-35-36-38-39-41-43-46-49-52-55-58-61-64-70(73)76-67-68(66-75-69(72)63-60-57-54-51-48-45-24-21-18-15-12-9-6-3)77-71(74)65-62-59-56-53-50-47-44-42-40-37-32-30-28-26-23-20-17-14-11-8-5-2/h7,10,16,19,21,24-25,27,30-33,35-36,68H,4-6,8-9,11-15,17-18,20,22-23,26,28-29,34,37-67H2,1-3H3/b10-7-,19-16-,24-21-,27-25-,32-30-,33-31-,36-35-. The minimum atomic E-state index is -0.785. The molecule has 0 saturated carbocycles. The van der Waals surface area contributed by atoms with E-state index in [1.807, 2.05) is 0 Å². The van der Waals surface area contributed by atoms with E-state index in [4.69, 9.17) is 14.2 Å². The highest BCUT2D eigenvalue weighted by Gasteiger charge is 2.19. The van der Waals surface area contributed by atoms with Crippen LogP contribution in [0.3, 0.4) is 0 Å². The van der Waals surface area contributed by atoms with Crippen LogP contribution in [0.15, 0.2) is 85.1 Å². The summed E-state index contributed by atoms with van der Waals surface area (Å²) < 4.78 is 16.9. The fraction of sp³-hybridized carbons (Fsp3) is 0.761. The lowest BCUT2D eigenvalue weighted by atomic mass is 10.1. The summed E-state index contributed by atoms with van der Waals surface area (Å²) in [6, 6.07) is 0. The van der Waals surface area contributed by atoms with Gasteiger partial charge in [0.1, 0.15) is 13.2 Å². The maximum Gasteiger partial charge on any atom is 0.306 e. The van der Waals surface area contributed by atoms with Gasteiger partial charge in [0, 0.05) is 19.3 Å². The molecule has 0 saturated heterocycles. The van der Waals surface area contributed by atoms with Crippen molar-refractivity contribution in [3.63, 3.8) is 0 Å². The molecular weight excluding hydrogens is 949 g/mol. The van der Waals surface area contributed by atoms with Gasteiger partial charge in [-0.05, 0) is 116 Å². The number of carbonyl (C=O) groups excluding carboxylic acids is 3. The van der Waals surface area contributed by atoms with Crippen molar-refractivity contribution in [2.75, 3.05) is 13.2 Å². The Morgan fingerprint density at radius 2 is 0.506 bits per heavy atom. The van der Waals surface area contributed by atoms with E-state index in [0.29, 0.717) is 19.3 Å². The van der Waals surface area contributed by atoms with E-state index in [-0.39, 0.29) is 31.1 Å². The summed E-state index contributed by atoms with van der Waals surface area (Å²) in [6.45, 7) is 6.53. The van der Waals surface area contributed by atoms with Gasteiger partial charge in [-0.15, -0.1) is 0 Å². The van der Waals surface area contributed by atoms with Gasteiger partial charge in [0.05, 0.1) is 0 Å². The van der Waals surface area contributed by atoms with E-state index >= 15 is 0 Å². The molecule has 1 unspecified atom stereocenters. The molecule has 0 aromatic heterocycles. The van der Waals surface area contributed by atoms with Gasteiger partial charge in [0.2, 0.25) is 0 Å².